The molecule has 27 heavy (non-hydrogen) atoms. The molecule has 2 aromatic rings. The second kappa shape index (κ2) is 7.65. The number of hydrogen-bond donors (Lipinski definition) is 1. The van der Waals surface area contributed by atoms with Crippen molar-refractivity contribution in [1.82, 2.24) is 9.71 Å². The first-order chi connectivity index (χ1) is 12.7. The van der Waals surface area contributed by atoms with Crippen molar-refractivity contribution >= 4 is 27.4 Å². The van der Waals surface area contributed by atoms with Gasteiger partial charge in [0.25, 0.3) is 0 Å². The van der Waals surface area contributed by atoms with E-state index in [0.29, 0.717) is 11.6 Å². The van der Waals surface area contributed by atoms with Gasteiger partial charge in [0.2, 0.25) is 10.0 Å². The SMILES string of the molecule is O=S(=O)(NCc1ccc(N2CCCC2)nc1)c1cc(C(F)(F)F)ccc1Cl. The van der Waals surface area contributed by atoms with E-state index >= 15 is 0 Å². The molecule has 1 aliphatic rings. The highest BCUT2D eigenvalue weighted by Crippen LogP contribution is 2.33. The minimum Gasteiger partial charge on any atom is -0.357 e. The summed E-state index contributed by atoms with van der Waals surface area (Å²) in [5.41, 5.74) is -0.492. The highest BCUT2D eigenvalue weighted by atomic mass is 35.5. The lowest BCUT2D eigenvalue weighted by atomic mass is 10.2. The normalized spacial score (nSPS) is 15.3. The number of pyridine rings is 1. The molecule has 1 aliphatic heterocycles. The van der Waals surface area contributed by atoms with Crippen LogP contribution < -0.4 is 9.62 Å². The monoisotopic (exact) mass is 419 g/mol. The van der Waals surface area contributed by atoms with Crippen LogP contribution in [0.5, 0.6) is 0 Å². The van der Waals surface area contributed by atoms with Crippen LogP contribution in [0.1, 0.15) is 24.0 Å². The fraction of sp³-hybridized carbons (Fsp3) is 0.353. The molecule has 10 heteroatoms. The van der Waals surface area contributed by atoms with E-state index in [1.165, 1.54) is 0 Å². The number of rotatable bonds is 5. The summed E-state index contributed by atoms with van der Waals surface area (Å²) in [5.74, 6) is 0.819. The summed E-state index contributed by atoms with van der Waals surface area (Å²) in [6, 6.07) is 5.72. The summed E-state index contributed by atoms with van der Waals surface area (Å²) in [7, 11) is -4.22. The Labute approximate surface area is 160 Å². The van der Waals surface area contributed by atoms with Gasteiger partial charge in [-0.15, -0.1) is 0 Å². The van der Waals surface area contributed by atoms with E-state index in [9.17, 15) is 21.6 Å². The van der Waals surface area contributed by atoms with Gasteiger partial charge < -0.3 is 4.90 Å². The van der Waals surface area contributed by atoms with Crippen LogP contribution in [0.25, 0.3) is 0 Å². The Balaban J connectivity index is 1.73. The average molecular weight is 420 g/mol. The van der Waals surface area contributed by atoms with E-state index in [1.807, 2.05) is 0 Å². The number of anilines is 1. The Morgan fingerprint density at radius 3 is 2.44 bits per heavy atom. The first-order valence-electron chi connectivity index (χ1n) is 8.23. The molecule has 0 atom stereocenters. The summed E-state index contributed by atoms with van der Waals surface area (Å²) >= 11 is 5.80. The zero-order valence-electron chi connectivity index (χ0n) is 14.1. The topological polar surface area (TPSA) is 62.3 Å². The summed E-state index contributed by atoms with van der Waals surface area (Å²) in [5, 5.41) is -0.280. The number of aromatic nitrogens is 1. The fourth-order valence-electron chi connectivity index (χ4n) is 2.80. The van der Waals surface area contributed by atoms with E-state index in [2.05, 4.69) is 14.6 Å². The predicted molar refractivity (Wildman–Crippen MR) is 96.2 cm³/mol. The standard InChI is InChI=1S/C17H17ClF3N3O2S/c18-14-5-4-13(17(19,20)21)9-15(14)27(25,26)23-11-12-3-6-16(22-10-12)24-7-1-2-8-24/h3-6,9-10,23H,1-2,7-8,11H2. The van der Waals surface area contributed by atoms with Crippen LogP contribution in [-0.2, 0) is 22.7 Å². The van der Waals surface area contributed by atoms with Crippen molar-refractivity contribution in [2.24, 2.45) is 0 Å². The molecule has 1 N–H and O–H groups in total. The Kier molecular flexibility index (Phi) is 5.64. The van der Waals surface area contributed by atoms with E-state index < -0.39 is 26.7 Å². The number of sulfonamides is 1. The molecule has 0 amide bonds. The zero-order valence-corrected chi connectivity index (χ0v) is 15.7. The smallest absolute Gasteiger partial charge is 0.357 e. The van der Waals surface area contributed by atoms with Crippen molar-refractivity contribution < 1.29 is 21.6 Å². The highest BCUT2D eigenvalue weighted by molar-refractivity contribution is 7.89. The quantitative estimate of drug-likeness (QED) is 0.800. The second-order valence-corrected chi connectivity index (χ2v) is 8.33. The van der Waals surface area contributed by atoms with E-state index in [0.717, 1.165) is 43.9 Å². The zero-order chi connectivity index (χ0) is 19.7. The van der Waals surface area contributed by atoms with Crippen molar-refractivity contribution in [3.8, 4) is 0 Å². The van der Waals surface area contributed by atoms with Gasteiger partial charge in [0.15, 0.2) is 0 Å². The van der Waals surface area contributed by atoms with Crippen LogP contribution >= 0.6 is 11.6 Å². The van der Waals surface area contributed by atoms with E-state index in [1.54, 1.807) is 18.3 Å². The van der Waals surface area contributed by atoms with Crippen molar-refractivity contribution in [3.05, 3.63) is 52.7 Å². The van der Waals surface area contributed by atoms with Gasteiger partial charge in [0.1, 0.15) is 10.7 Å². The Bertz CT molecular complexity index is 912. The first kappa shape index (κ1) is 19.9. The number of alkyl halides is 3. The van der Waals surface area contributed by atoms with Gasteiger partial charge in [-0.2, -0.15) is 13.2 Å². The van der Waals surface area contributed by atoms with Crippen LogP contribution in [0.2, 0.25) is 5.02 Å². The first-order valence-corrected chi connectivity index (χ1v) is 10.1. The van der Waals surface area contributed by atoms with Crippen molar-refractivity contribution in [2.45, 2.75) is 30.5 Å². The number of halogens is 4. The van der Waals surface area contributed by atoms with Crippen LogP contribution in [0.4, 0.5) is 19.0 Å². The molecule has 0 saturated carbocycles. The van der Waals surface area contributed by atoms with Gasteiger partial charge in [-0.3, -0.25) is 0 Å². The molecule has 2 heterocycles. The van der Waals surface area contributed by atoms with Crippen molar-refractivity contribution in [1.29, 1.82) is 0 Å². The largest absolute Gasteiger partial charge is 0.416 e. The Morgan fingerprint density at radius 2 is 1.85 bits per heavy atom. The molecular formula is C17H17ClF3N3O2S. The number of hydrogen-bond acceptors (Lipinski definition) is 4. The van der Waals surface area contributed by atoms with Crippen LogP contribution in [-0.4, -0.2) is 26.5 Å². The summed E-state index contributed by atoms with van der Waals surface area (Å²) in [4.78, 5) is 5.84. The molecule has 0 radical (unpaired) electrons. The molecule has 1 aromatic carbocycles. The molecule has 1 saturated heterocycles. The molecule has 0 aliphatic carbocycles. The van der Waals surface area contributed by atoms with Gasteiger partial charge in [-0.05, 0) is 42.7 Å². The lowest BCUT2D eigenvalue weighted by Gasteiger charge is -2.16. The van der Waals surface area contributed by atoms with E-state index in [-0.39, 0.29) is 11.6 Å². The lowest BCUT2D eigenvalue weighted by Crippen LogP contribution is -2.24. The van der Waals surface area contributed by atoms with Gasteiger partial charge >= 0.3 is 6.18 Å². The molecule has 3 rings (SSSR count). The summed E-state index contributed by atoms with van der Waals surface area (Å²) < 4.78 is 65.5. The molecule has 5 nitrogen and oxygen atoms in total. The summed E-state index contributed by atoms with van der Waals surface area (Å²) in [6.45, 7) is 1.77. The minimum atomic E-state index is -4.66. The van der Waals surface area contributed by atoms with Crippen molar-refractivity contribution in [2.75, 3.05) is 18.0 Å². The molecule has 0 bridgehead atoms. The van der Waals surface area contributed by atoms with Crippen LogP contribution in [0, 0.1) is 0 Å². The molecule has 146 valence electrons. The third kappa shape index (κ3) is 4.72. The van der Waals surface area contributed by atoms with Gasteiger partial charge in [-0.1, -0.05) is 17.7 Å². The summed E-state index contributed by atoms with van der Waals surface area (Å²) in [6.07, 6.45) is -0.893. The minimum absolute atomic E-state index is 0.109. The van der Waals surface area contributed by atoms with Crippen molar-refractivity contribution in [3.63, 3.8) is 0 Å². The Hall–Kier alpha value is -1.84. The average Bonchev–Trinajstić information content (AvgIpc) is 3.14. The van der Waals surface area contributed by atoms with E-state index in [4.69, 9.17) is 11.6 Å². The Morgan fingerprint density at radius 1 is 1.15 bits per heavy atom. The maximum absolute atomic E-state index is 12.8. The van der Waals surface area contributed by atoms with Gasteiger partial charge in [-0.25, -0.2) is 18.1 Å². The molecule has 1 fully saturated rings. The van der Waals surface area contributed by atoms with Crippen LogP contribution in [0.15, 0.2) is 41.4 Å². The molecular weight excluding hydrogens is 403 g/mol. The highest BCUT2D eigenvalue weighted by Gasteiger charge is 2.32. The second-order valence-electron chi connectivity index (χ2n) is 6.19. The number of nitrogens with zero attached hydrogens (tertiary/aromatic N) is 2. The third-order valence-corrected chi connectivity index (χ3v) is 6.14. The van der Waals surface area contributed by atoms with Gasteiger partial charge in [0.05, 0.1) is 10.6 Å². The molecule has 0 spiro atoms. The maximum Gasteiger partial charge on any atom is 0.416 e. The van der Waals surface area contributed by atoms with Crippen LogP contribution in [0.3, 0.4) is 0 Å². The lowest BCUT2D eigenvalue weighted by molar-refractivity contribution is -0.137. The maximum atomic E-state index is 12.8. The molecule has 1 aromatic heterocycles. The molecule has 0 unspecified atom stereocenters. The third-order valence-electron chi connectivity index (χ3n) is 4.25. The predicted octanol–water partition coefficient (Wildman–Crippen LogP) is 3.83. The number of nitrogens with one attached hydrogen (secondary N) is 1. The fourth-order valence-corrected chi connectivity index (χ4v) is 4.34. The number of benzene rings is 1. The van der Waals surface area contributed by atoms with Gasteiger partial charge in [0, 0.05) is 25.8 Å².